The Hall–Kier alpha value is -2.40. The highest BCUT2D eigenvalue weighted by Crippen LogP contribution is 2.37. The maximum absolute atomic E-state index is 6.04. The highest BCUT2D eigenvalue weighted by Gasteiger charge is 2.23. The molecule has 1 fully saturated rings. The molecule has 128 valence electrons. The summed E-state index contributed by atoms with van der Waals surface area (Å²) in [6.45, 7) is 0. The van der Waals surface area contributed by atoms with Crippen LogP contribution in [0.1, 0.15) is 38.1 Å². The first-order valence-electron chi connectivity index (χ1n) is 8.64. The number of imidazole rings is 1. The van der Waals surface area contributed by atoms with E-state index < -0.39 is 0 Å². The van der Waals surface area contributed by atoms with Crippen molar-refractivity contribution in [3.63, 3.8) is 0 Å². The van der Waals surface area contributed by atoms with Crippen LogP contribution in [0.15, 0.2) is 42.9 Å². The van der Waals surface area contributed by atoms with Gasteiger partial charge in [0, 0.05) is 22.8 Å². The molecule has 6 heteroatoms. The summed E-state index contributed by atoms with van der Waals surface area (Å²) < 4.78 is 2.27. The highest BCUT2D eigenvalue weighted by atomic mass is 35.5. The summed E-state index contributed by atoms with van der Waals surface area (Å²) in [6, 6.07) is 10.1. The van der Waals surface area contributed by atoms with E-state index in [1.165, 1.54) is 32.1 Å². The molecule has 1 aliphatic rings. The molecule has 1 aliphatic carbocycles. The van der Waals surface area contributed by atoms with Gasteiger partial charge in [-0.1, -0.05) is 43.0 Å². The van der Waals surface area contributed by atoms with Gasteiger partial charge >= 0.3 is 0 Å². The van der Waals surface area contributed by atoms with Crippen LogP contribution in [0.2, 0.25) is 5.02 Å². The van der Waals surface area contributed by atoms with E-state index in [9.17, 15) is 0 Å². The third-order valence-electron chi connectivity index (χ3n) is 4.80. The van der Waals surface area contributed by atoms with E-state index >= 15 is 0 Å². The Balaban J connectivity index is 1.86. The van der Waals surface area contributed by atoms with Crippen LogP contribution in [0, 0.1) is 0 Å². The Morgan fingerprint density at radius 3 is 2.48 bits per heavy atom. The summed E-state index contributed by atoms with van der Waals surface area (Å²) in [6.07, 6.45) is 9.79. The smallest absolute Gasteiger partial charge is 0.220 e. The van der Waals surface area contributed by atoms with Gasteiger partial charge in [0.15, 0.2) is 0 Å². The summed E-state index contributed by atoms with van der Waals surface area (Å²) >= 11 is 6.04. The summed E-state index contributed by atoms with van der Waals surface area (Å²) in [5.74, 6) is 0.274. The largest absolute Gasteiger partial charge is 0.368 e. The van der Waals surface area contributed by atoms with Crippen molar-refractivity contribution in [3.05, 3.63) is 47.9 Å². The van der Waals surface area contributed by atoms with Crippen molar-refractivity contribution in [3.8, 4) is 22.6 Å². The van der Waals surface area contributed by atoms with E-state index in [4.69, 9.17) is 22.3 Å². The summed E-state index contributed by atoms with van der Waals surface area (Å²) in [5.41, 5.74) is 9.56. The number of nitrogen functional groups attached to an aromatic ring is 1. The van der Waals surface area contributed by atoms with Crippen LogP contribution in [0.5, 0.6) is 0 Å². The molecule has 0 aliphatic heterocycles. The molecule has 0 spiro atoms. The van der Waals surface area contributed by atoms with Crippen LogP contribution in [0.4, 0.5) is 5.95 Å². The van der Waals surface area contributed by atoms with Gasteiger partial charge in [-0.05, 0) is 31.0 Å². The molecule has 0 unspecified atom stereocenters. The Morgan fingerprint density at radius 1 is 1.00 bits per heavy atom. The van der Waals surface area contributed by atoms with Gasteiger partial charge in [-0.15, -0.1) is 0 Å². The molecule has 0 saturated heterocycles. The number of anilines is 1. The maximum Gasteiger partial charge on any atom is 0.220 e. The third kappa shape index (κ3) is 3.24. The van der Waals surface area contributed by atoms with Crippen molar-refractivity contribution in [1.29, 1.82) is 0 Å². The molecule has 3 aromatic rings. The van der Waals surface area contributed by atoms with Gasteiger partial charge in [0.1, 0.15) is 0 Å². The summed E-state index contributed by atoms with van der Waals surface area (Å²) in [5, 5.41) is 0.711. The molecule has 25 heavy (non-hydrogen) atoms. The zero-order valence-corrected chi connectivity index (χ0v) is 14.7. The lowest BCUT2D eigenvalue weighted by atomic mass is 9.95. The third-order valence-corrected chi connectivity index (χ3v) is 5.05. The number of nitrogens with two attached hydrogens (primary N) is 1. The van der Waals surface area contributed by atoms with Crippen LogP contribution in [0.25, 0.3) is 22.6 Å². The second kappa shape index (κ2) is 6.84. The lowest BCUT2D eigenvalue weighted by Gasteiger charge is -2.25. The van der Waals surface area contributed by atoms with Crippen molar-refractivity contribution in [1.82, 2.24) is 19.5 Å². The van der Waals surface area contributed by atoms with Gasteiger partial charge in [0.2, 0.25) is 5.95 Å². The molecule has 4 rings (SSSR count). The maximum atomic E-state index is 6.04. The molecule has 1 saturated carbocycles. The Kier molecular flexibility index (Phi) is 4.40. The average Bonchev–Trinajstić information content (AvgIpc) is 3.08. The van der Waals surface area contributed by atoms with Gasteiger partial charge in [-0.25, -0.2) is 15.0 Å². The molecular weight excluding hydrogens is 334 g/mol. The van der Waals surface area contributed by atoms with E-state index in [1.54, 1.807) is 6.20 Å². The Labute approximate surface area is 151 Å². The lowest BCUT2D eigenvalue weighted by molar-refractivity contribution is 0.355. The van der Waals surface area contributed by atoms with E-state index in [1.807, 2.05) is 36.7 Å². The van der Waals surface area contributed by atoms with Crippen molar-refractivity contribution < 1.29 is 0 Å². The minimum absolute atomic E-state index is 0.274. The van der Waals surface area contributed by atoms with Gasteiger partial charge in [0.25, 0.3) is 0 Å². The standard InChI is InChI=1S/C19H20ClN5/c20-14-8-6-13(7-9-14)17-18(16-10-11-22-19(21)24-16)25(12-23-17)15-4-2-1-3-5-15/h6-12,15H,1-5H2,(H2,21,22,24). The quantitative estimate of drug-likeness (QED) is 0.737. The first-order chi connectivity index (χ1) is 12.2. The van der Waals surface area contributed by atoms with Crippen molar-refractivity contribution in [2.24, 2.45) is 0 Å². The number of hydrogen-bond acceptors (Lipinski definition) is 4. The second-order valence-corrected chi connectivity index (χ2v) is 6.88. The normalized spacial score (nSPS) is 15.4. The highest BCUT2D eigenvalue weighted by molar-refractivity contribution is 6.30. The van der Waals surface area contributed by atoms with E-state index in [2.05, 4.69) is 14.5 Å². The lowest BCUT2D eigenvalue weighted by Crippen LogP contribution is -2.13. The topological polar surface area (TPSA) is 69.6 Å². The Bertz CT molecular complexity index is 866. The van der Waals surface area contributed by atoms with Gasteiger partial charge < -0.3 is 10.3 Å². The molecule has 0 atom stereocenters. The molecule has 2 aromatic heterocycles. The first-order valence-corrected chi connectivity index (χ1v) is 9.02. The number of benzene rings is 1. The molecule has 0 radical (unpaired) electrons. The molecule has 2 heterocycles. The van der Waals surface area contributed by atoms with Crippen LogP contribution < -0.4 is 5.73 Å². The van der Waals surface area contributed by atoms with Crippen molar-refractivity contribution >= 4 is 17.5 Å². The number of halogens is 1. The fourth-order valence-electron chi connectivity index (χ4n) is 3.58. The molecule has 2 N–H and O–H groups in total. The molecule has 0 bridgehead atoms. The van der Waals surface area contributed by atoms with Gasteiger partial charge in [-0.3, -0.25) is 0 Å². The number of hydrogen-bond donors (Lipinski definition) is 1. The van der Waals surface area contributed by atoms with E-state index in [0.29, 0.717) is 11.1 Å². The number of rotatable bonds is 3. The van der Waals surface area contributed by atoms with Crippen LogP contribution in [-0.4, -0.2) is 19.5 Å². The van der Waals surface area contributed by atoms with Crippen LogP contribution in [0.3, 0.4) is 0 Å². The number of nitrogens with zero attached hydrogens (tertiary/aromatic N) is 4. The van der Waals surface area contributed by atoms with Crippen molar-refractivity contribution in [2.75, 3.05) is 5.73 Å². The average molecular weight is 354 g/mol. The fourth-order valence-corrected chi connectivity index (χ4v) is 3.70. The zero-order valence-electron chi connectivity index (χ0n) is 13.9. The Morgan fingerprint density at radius 2 is 1.76 bits per heavy atom. The summed E-state index contributed by atoms with van der Waals surface area (Å²) in [7, 11) is 0. The minimum atomic E-state index is 0.274. The fraction of sp³-hybridized carbons (Fsp3) is 0.316. The van der Waals surface area contributed by atoms with Crippen LogP contribution >= 0.6 is 11.6 Å². The zero-order chi connectivity index (χ0) is 17.2. The van der Waals surface area contributed by atoms with E-state index in [0.717, 1.165) is 22.6 Å². The van der Waals surface area contributed by atoms with Gasteiger partial charge in [0.05, 0.1) is 23.4 Å². The monoisotopic (exact) mass is 353 g/mol. The number of aromatic nitrogens is 4. The SMILES string of the molecule is Nc1nccc(-c2c(-c3ccc(Cl)cc3)ncn2C2CCCCC2)n1. The minimum Gasteiger partial charge on any atom is -0.368 e. The first kappa shape index (κ1) is 16.1. The van der Waals surface area contributed by atoms with Crippen molar-refractivity contribution in [2.45, 2.75) is 38.1 Å². The molecular formula is C19H20ClN5. The molecule has 0 amide bonds. The molecule has 1 aromatic carbocycles. The second-order valence-electron chi connectivity index (χ2n) is 6.45. The van der Waals surface area contributed by atoms with Gasteiger partial charge in [-0.2, -0.15) is 0 Å². The summed E-state index contributed by atoms with van der Waals surface area (Å²) in [4.78, 5) is 13.2. The molecule has 5 nitrogen and oxygen atoms in total. The van der Waals surface area contributed by atoms with E-state index in [-0.39, 0.29) is 5.95 Å². The predicted molar refractivity (Wildman–Crippen MR) is 100 cm³/mol. The predicted octanol–water partition coefficient (Wildman–Crippen LogP) is 4.75. The van der Waals surface area contributed by atoms with Crippen LogP contribution in [-0.2, 0) is 0 Å².